The molecule has 1 aromatic carbocycles. The normalized spacial score (nSPS) is 12.0. The van der Waals surface area contributed by atoms with Gasteiger partial charge in [0.1, 0.15) is 5.75 Å². The molecular weight excluding hydrogens is 350 g/mol. The summed E-state index contributed by atoms with van der Waals surface area (Å²) in [7, 11) is 0. The summed E-state index contributed by atoms with van der Waals surface area (Å²) in [6.07, 6.45) is 0. The SMILES string of the molecule is CCN(CC)C(CNC(=O)COc1ccc(C(N)=O)cc1)c1ccsc1. The van der Waals surface area contributed by atoms with Gasteiger partial charge in [-0.25, -0.2) is 0 Å². The van der Waals surface area contributed by atoms with Gasteiger partial charge in [0.25, 0.3) is 5.91 Å². The Morgan fingerprint density at radius 2 is 1.88 bits per heavy atom. The van der Waals surface area contributed by atoms with Gasteiger partial charge in [-0.15, -0.1) is 0 Å². The molecule has 1 aromatic heterocycles. The number of ether oxygens (including phenoxy) is 1. The standard InChI is InChI=1S/C19H25N3O3S/c1-3-22(4-2)17(15-9-10-26-13-15)11-21-18(23)12-25-16-7-5-14(6-8-16)19(20)24/h5-10,13,17H,3-4,11-12H2,1-2H3,(H2,20,24)(H,21,23). The van der Waals surface area contributed by atoms with Gasteiger partial charge in [-0.3, -0.25) is 14.5 Å². The second kappa shape index (κ2) is 9.94. The van der Waals surface area contributed by atoms with E-state index in [1.807, 2.05) is 5.38 Å². The molecule has 140 valence electrons. The van der Waals surface area contributed by atoms with Gasteiger partial charge in [-0.1, -0.05) is 13.8 Å². The maximum atomic E-state index is 12.1. The number of rotatable bonds is 10. The van der Waals surface area contributed by atoms with Crippen LogP contribution < -0.4 is 15.8 Å². The fourth-order valence-electron chi connectivity index (χ4n) is 2.71. The zero-order chi connectivity index (χ0) is 18.9. The molecule has 0 aliphatic heterocycles. The molecule has 1 atom stereocenters. The second-order valence-corrected chi connectivity index (χ2v) is 6.56. The van der Waals surface area contributed by atoms with Crippen LogP contribution in [0.1, 0.15) is 35.8 Å². The van der Waals surface area contributed by atoms with Gasteiger partial charge in [0, 0.05) is 12.1 Å². The molecule has 0 radical (unpaired) electrons. The molecule has 2 aromatic rings. The Kier molecular flexibility index (Phi) is 7.62. The van der Waals surface area contributed by atoms with Crippen molar-refractivity contribution in [3.05, 3.63) is 52.2 Å². The summed E-state index contributed by atoms with van der Waals surface area (Å²) in [6.45, 7) is 6.50. The number of nitrogens with one attached hydrogen (secondary N) is 1. The van der Waals surface area contributed by atoms with Gasteiger partial charge in [-0.05, 0) is 59.7 Å². The van der Waals surface area contributed by atoms with Crippen molar-refractivity contribution in [1.82, 2.24) is 10.2 Å². The molecule has 0 bridgehead atoms. The Labute approximate surface area is 157 Å². The second-order valence-electron chi connectivity index (χ2n) is 5.78. The Hall–Kier alpha value is -2.38. The van der Waals surface area contributed by atoms with Crippen LogP contribution in [0.15, 0.2) is 41.1 Å². The van der Waals surface area contributed by atoms with Crippen LogP contribution in [-0.2, 0) is 4.79 Å². The van der Waals surface area contributed by atoms with Crippen molar-refractivity contribution in [3.8, 4) is 5.75 Å². The molecule has 6 nitrogen and oxygen atoms in total. The smallest absolute Gasteiger partial charge is 0.258 e. The maximum Gasteiger partial charge on any atom is 0.258 e. The average molecular weight is 375 g/mol. The lowest BCUT2D eigenvalue weighted by Crippen LogP contribution is -2.39. The minimum atomic E-state index is -0.495. The molecule has 1 heterocycles. The number of hydrogen-bond acceptors (Lipinski definition) is 5. The van der Waals surface area contributed by atoms with Crippen molar-refractivity contribution < 1.29 is 14.3 Å². The lowest BCUT2D eigenvalue weighted by atomic mass is 10.1. The van der Waals surface area contributed by atoms with Crippen LogP contribution in [0.25, 0.3) is 0 Å². The third-order valence-corrected chi connectivity index (χ3v) is 4.88. The number of amides is 2. The third-order valence-electron chi connectivity index (χ3n) is 4.18. The van der Waals surface area contributed by atoms with E-state index in [1.165, 1.54) is 5.56 Å². The molecule has 2 amide bonds. The van der Waals surface area contributed by atoms with Gasteiger partial charge < -0.3 is 15.8 Å². The van der Waals surface area contributed by atoms with Crippen molar-refractivity contribution in [1.29, 1.82) is 0 Å². The van der Waals surface area contributed by atoms with Crippen molar-refractivity contribution >= 4 is 23.2 Å². The van der Waals surface area contributed by atoms with E-state index in [9.17, 15) is 9.59 Å². The average Bonchev–Trinajstić information content (AvgIpc) is 3.18. The van der Waals surface area contributed by atoms with Crippen LogP contribution in [0.4, 0.5) is 0 Å². The first-order chi connectivity index (χ1) is 12.5. The number of hydrogen-bond donors (Lipinski definition) is 2. The topological polar surface area (TPSA) is 84.7 Å². The summed E-state index contributed by atoms with van der Waals surface area (Å²) in [5.74, 6) is -0.162. The predicted molar refractivity (Wildman–Crippen MR) is 103 cm³/mol. The van der Waals surface area contributed by atoms with Gasteiger partial charge in [0.2, 0.25) is 5.91 Å². The highest BCUT2D eigenvalue weighted by atomic mass is 32.1. The summed E-state index contributed by atoms with van der Waals surface area (Å²) < 4.78 is 5.46. The number of nitrogens with two attached hydrogens (primary N) is 1. The van der Waals surface area contributed by atoms with Crippen LogP contribution in [0.2, 0.25) is 0 Å². The molecule has 0 aliphatic rings. The number of carbonyl (C=O) groups is 2. The van der Waals surface area contributed by atoms with E-state index in [4.69, 9.17) is 10.5 Å². The zero-order valence-electron chi connectivity index (χ0n) is 15.1. The Morgan fingerprint density at radius 1 is 1.19 bits per heavy atom. The molecule has 0 spiro atoms. The van der Waals surface area contributed by atoms with E-state index in [-0.39, 0.29) is 18.6 Å². The molecule has 0 saturated carbocycles. The van der Waals surface area contributed by atoms with Crippen LogP contribution in [-0.4, -0.2) is 43.0 Å². The first-order valence-electron chi connectivity index (χ1n) is 8.60. The lowest BCUT2D eigenvalue weighted by Gasteiger charge is -2.29. The Bertz CT molecular complexity index is 697. The molecule has 3 N–H and O–H groups in total. The quantitative estimate of drug-likeness (QED) is 0.668. The van der Waals surface area contributed by atoms with Crippen LogP contribution >= 0.6 is 11.3 Å². The zero-order valence-corrected chi connectivity index (χ0v) is 15.9. The largest absolute Gasteiger partial charge is 0.484 e. The molecular formula is C19H25N3O3S. The van der Waals surface area contributed by atoms with Gasteiger partial charge in [0.05, 0.1) is 6.04 Å². The summed E-state index contributed by atoms with van der Waals surface area (Å²) in [4.78, 5) is 25.5. The van der Waals surface area contributed by atoms with E-state index < -0.39 is 5.91 Å². The van der Waals surface area contributed by atoms with Crippen LogP contribution in [0, 0.1) is 0 Å². The number of benzene rings is 1. The van der Waals surface area contributed by atoms with Crippen LogP contribution in [0.5, 0.6) is 5.75 Å². The van der Waals surface area contributed by atoms with Gasteiger partial charge in [-0.2, -0.15) is 11.3 Å². The summed E-state index contributed by atoms with van der Waals surface area (Å²) in [6, 6.07) is 8.63. The molecule has 0 saturated heterocycles. The number of carbonyl (C=O) groups excluding carboxylic acids is 2. The fraction of sp³-hybridized carbons (Fsp3) is 0.368. The first kappa shape index (κ1) is 19.9. The maximum absolute atomic E-state index is 12.1. The molecule has 2 rings (SSSR count). The summed E-state index contributed by atoms with van der Waals surface area (Å²) >= 11 is 1.65. The summed E-state index contributed by atoms with van der Waals surface area (Å²) in [5, 5.41) is 7.11. The number of primary amides is 1. The van der Waals surface area contributed by atoms with E-state index in [1.54, 1.807) is 35.6 Å². The highest BCUT2D eigenvalue weighted by Crippen LogP contribution is 2.22. The van der Waals surface area contributed by atoms with E-state index >= 15 is 0 Å². The fourth-order valence-corrected chi connectivity index (χ4v) is 3.42. The van der Waals surface area contributed by atoms with Crippen LogP contribution in [0.3, 0.4) is 0 Å². The lowest BCUT2D eigenvalue weighted by molar-refractivity contribution is -0.123. The molecule has 26 heavy (non-hydrogen) atoms. The Morgan fingerprint density at radius 3 is 2.42 bits per heavy atom. The number of thiophene rings is 1. The summed E-state index contributed by atoms with van der Waals surface area (Å²) in [5.41, 5.74) is 6.81. The molecule has 7 heteroatoms. The van der Waals surface area contributed by atoms with Crippen molar-refractivity contribution in [2.75, 3.05) is 26.2 Å². The molecule has 0 aliphatic carbocycles. The molecule has 0 fully saturated rings. The van der Waals surface area contributed by atoms with Crippen molar-refractivity contribution in [2.24, 2.45) is 5.73 Å². The Balaban J connectivity index is 1.86. The number of likely N-dealkylation sites (N-methyl/N-ethyl adjacent to an activating group) is 1. The predicted octanol–water partition coefficient (Wildman–Crippen LogP) is 2.43. The minimum absolute atomic E-state index is 0.0788. The van der Waals surface area contributed by atoms with Gasteiger partial charge in [0.15, 0.2) is 6.61 Å². The number of nitrogens with zero attached hydrogens (tertiary/aromatic N) is 1. The van der Waals surface area contributed by atoms with Crippen molar-refractivity contribution in [3.63, 3.8) is 0 Å². The molecule has 1 unspecified atom stereocenters. The van der Waals surface area contributed by atoms with Gasteiger partial charge >= 0.3 is 0 Å². The van der Waals surface area contributed by atoms with E-state index in [2.05, 4.69) is 35.5 Å². The van der Waals surface area contributed by atoms with E-state index in [0.717, 1.165) is 13.1 Å². The highest BCUT2D eigenvalue weighted by Gasteiger charge is 2.19. The minimum Gasteiger partial charge on any atom is -0.484 e. The van der Waals surface area contributed by atoms with Crippen molar-refractivity contribution in [2.45, 2.75) is 19.9 Å². The monoisotopic (exact) mass is 375 g/mol. The highest BCUT2D eigenvalue weighted by molar-refractivity contribution is 7.07. The third kappa shape index (κ3) is 5.57. The first-order valence-corrected chi connectivity index (χ1v) is 9.54. The van der Waals surface area contributed by atoms with E-state index in [0.29, 0.717) is 17.9 Å².